The molecule has 2 heterocycles. The minimum atomic E-state index is -0.611. The molecule has 2 atom stereocenters. The summed E-state index contributed by atoms with van der Waals surface area (Å²) < 4.78 is 10.9. The number of rotatable bonds is 3. The molecule has 0 aliphatic carbocycles. The van der Waals surface area contributed by atoms with Crippen LogP contribution >= 0.6 is 0 Å². The summed E-state index contributed by atoms with van der Waals surface area (Å²) in [6.45, 7) is 9.04. The number of hydrogen-bond donors (Lipinski definition) is 1. The van der Waals surface area contributed by atoms with Gasteiger partial charge >= 0.3 is 6.09 Å². The first-order valence-electron chi connectivity index (χ1n) is 8.56. The number of carbonyl (C=O) groups excluding carboxylic acids is 2. The van der Waals surface area contributed by atoms with Crippen molar-refractivity contribution in [3.63, 3.8) is 0 Å². The Bertz CT molecular complexity index is 480. The van der Waals surface area contributed by atoms with Crippen molar-refractivity contribution in [3.05, 3.63) is 0 Å². The van der Waals surface area contributed by atoms with E-state index in [1.165, 1.54) is 9.80 Å². The SMILES string of the molecule is CC(O)CN(C)C(=O)C1N(C(=O)OC(C)(C)C)CC12CCOCC2. The summed E-state index contributed by atoms with van der Waals surface area (Å²) in [5.41, 5.74) is -0.839. The van der Waals surface area contributed by atoms with Crippen molar-refractivity contribution in [1.29, 1.82) is 0 Å². The van der Waals surface area contributed by atoms with Crippen LogP contribution in [0, 0.1) is 5.41 Å². The monoisotopic (exact) mass is 342 g/mol. The third-order valence-electron chi connectivity index (χ3n) is 4.64. The Hall–Kier alpha value is -1.34. The predicted octanol–water partition coefficient (Wildman–Crippen LogP) is 1.24. The molecule has 7 nitrogen and oxygen atoms in total. The summed E-state index contributed by atoms with van der Waals surface area (Å²) in [6.07, 6.45) is 0.444. The number of likely N-dealkylation sites (tertiary alicyclic amines) is 1. The van der Waals surface area contributed by atoms with Gasteiger partial charge in [0.25, 0.3) is 0 Å². The molecule has 0 bridgehead atoms. The molecule has 2 fully saturated rings. The second-order valence-electron chi connectivity index (χ2n) is 8.05. The van der Waals surface area contributed by atoms with Gasteiger partial charge in [-0.05, 0) is 40.5 Å². The van der Waals surface area contributed by atoms with Gasteiger partial charge in [-0.15, -0.1) is 0 Å². The molecule has 0 radical (unpaired) electrons. The highest BCUT2D eigenvalue weighted by Gasteiger charge is 2.59. The highest BCUT2D eigenvalue weighted by Crippen LogP contribution is 2.47. The molecule has 0 aromatic heterocycles. The number of likely N-dealkylation sites (N-methyl/N-ethyl adjacent to an activating group) is 1. The average Bonchev–Trinajstić information content (AvgIpc) is 2.43. The largest absolute Gasteiger partial charge is 0.444 e. The maximum Gasteiger partial charge on any atom is 0.411 e. The van der Waals surface area contributed by atoms with E-state index in [2.05, 4.69) is 0 Å². The Labute approximate surface area is 143 Å². The fraction of sp³-hybridized carbons (Fsp3) is 0.882. The number of hydrogen-bond acceptors (Lipinski definition) is 5. The van der Waals surface area contributed by atoms with E-state index in [4.69, 9.17) is 9.47 Å². The second-order valence-corrected chi connectivity index (χ2v) is 8.05. The normalized spacial score (nSPS) is 24.2. The zero-order valence-electron chi connectivity index (χ0n) is 15.4. The molecule has 0 aromatic carbocycles. The van der Waals surface area contributed by atoms with Gasteiger partial charge in [0.05, 0.1) is 6.10 Å². The van der Waals surface area contributed by atoms with Crippen molar-refractivity contribution in [3.8, 4) is 0 Å². The molecule has 2 aliphatic rings. The molecule has 2 unspecified atom stereocenters. The standard InChI is InChI=1S/C17H30N2O5/c1-12(20)10-18(5)14(21)13-17(6-8-23-9-7-17)11-19(13)15(22)24-16(2,3)4/h12-13,20H,6-11H2,1-5H3. The van der Waals surface area contributed by atoms with Crippen LogP contribution in [0.2, 0.25) is 0 Å². The van der Waals surface area contributed by atoms with Gasteiger partial charge in [-0.25, -0.2) is 4.79 Å². The first-order valence-corrected chi connectivity index (χ1v) is 8.56. The van der Waals surface area contributed by atoms with Crippen molar-refractivity contribution in [2.24, 2.45) is 5.41 Å². The lowest BCUT2D eigenvalue weighted by atomic mass is 9.66. The summed E-state index contributed by atoms with van der Waals surface area (Å²) in [5.74, 6) is -0.144. The molecule has 0 aromatic rings. The van der Waals surface area contributed by atoms with Gasteiger partial charge in [0.15, 0.2) is 0 Å². The molecule has 2 saturated heterocycles. The smallest absolute Gasteiger partial charge is 0.411 e. The number of aliphatic hydroxyl groups excluding tert-OH is 1. The van der Waals surface area contributed by atoms with Gasteiger partial charge in [0.1, 0.15) is 11.6 Å². The number of ether oxygens (including phenoxy) is 2. The first kappa shape index (κ1) is 19.0. The number of nitrogens with zero attached hydrogens (tertiary/aromatic N) is 2. The Morgan fingerprint density at radius 2 is 1.96 bits per heavy atom. The van der Waals surface area contributed by atoms with Gasteiger partial charge in [-0.2, -0.15) is 0 Å². The van der Waals surface area contributed by atoms with Crippen LogP contribution in [0.4, 0.5) is 4.79 Å². The molecule has 1 N–H and O–H groups in total. The van der Waals surface area contributed by atoms with E-state index >= 15 is 0 Å². The van der Waals surface area contributed by atoms with E-state index in [9.17, 15) is 14.7 Å². The van der Waals surface area contributed by atoms with E-state index in [1.807, 2.05) is 20.8 Å². The third-order valence-corrected chi connectivity index (χ3v) is 4.64. The van der Waals surface area contributed by atoms with Crippen molar-refractivity contribution in [1.82, 2.24) is 9.80 Å². The summed E-state index contributed by atoms with van der Waals surface area (Å²) in [6, 6.07) is -0.542. The third kappa shape index (κ3) is 4.00. The second kappa shape index (κ2) is 6.88. The number of carbonyl (C=O) groups is 2. The number of aliphatic hydroxyl groups is 1. The fourth-order valence-electron chi connectivity index (χ4n) is 3.53. The Morgan fingerprint density at radius 3 is 2.46 bits per heavy atom. The lowest BCUT2D eigenvalue weighted by molar-refractivity contribution is -0.167. The molecular weight excluding hydrogens is 312 g/mol. The van der Waals surface area contributed by atoms with Crippen LogP contribution < -0.4 is 0 Å². The van der Waals surface area contributed by atoms with Crippen LogP contribution in [0.25, 0.3) is 0 Å². The van der Waals surface area contributed by atoms with Gasteiger partial charge < -0.3 is 19.5 Å². The highest BCUT2D eigenvalue weighted by molar-refractivity contribution is 5.88. The topological polar surface area (TPSA) is 79.3 Å². The first-order chi connectivity index (χ1) is 11.1. The minimum Gasteiger partial charge on any atom is -0.444 e. The lowest BCUT2D eigenvalue weighted by Crippen LogP contribution is -2.72. The molecular formula is C17H30N2O5. The Morgan fingerprint density at radius 1 is 1.38 bits per heavy atom. The van der Waals surface area contributed by atoms with E-state index in [1.54, 1.807) is 14.0 Å². The van der Waals surface area contributed by atoms with E-state index in [0.29, 0.717) is 19.8 Å². The molecule has 7 heteroatoms. The van der Waals surface area contributed by atoms with Gasteiger partial charge in [0, 0.05) is 38.8 Å². The van der Waals surface area contributed by atoms with Gasteiger partial charge in [-0.3, -0.25) is 9.69 Å². The van der Waals surface area contributed by atoms with Crippen molar-refractivity contribution >= 4 is 12.0 Å². The molecule has 2 rings (SSSR count). The van der Waals surface area contributed by atoms with Crippen molar-refractivity contribution < 1.29 is 24.2 Å². The maximum absolute atomic E-state index is 12.9. The van der Waals surface area contributed by atoms with E-state index in [0.717, 1.165) is 12.8 Å². The van der Waals surface area contributed by atoms with Crippen molar-refractivity contribution in [2.45, 2.75) is 58.3 Å². The molecule has 0 saturated carbocycles. The average molecular weight is 342 g/mol. The van der Waals surface area contributed by atoms with E-state index in [-0.39, 0.29) is 17.9 Å². The Kier molecular flexibility index (Phi) is 5.44. The summed E-state index contributed by atoms with van der Waals surface area (Å²) in [7, 11) is 1.66. The summed E-state index contributed by atoms with van der Waals surface area (Å²) >= 11 is 0. The summed E-state index contributed by atoms with van der Waals surface area (Å²) in [5, 5.41) is 9.55. The molecule has 138 valence electrons. The lowest BCUT2D eigenvalue weighted by Gasteiger charge is -2.58. The molecule has 2 aliphatic heterocycles. The Balaban J connectivity index is 2.17. The minimum absolute atomic E-state index is 0.144. The quantitative estimate of drug-likeness (QED) is 0.835. The number of amides is 2. The maximum atomic E-state index is 12.9. The molecule has 24 heavy (non-hydrogen) atoms. The highest BCUT2D eigenvalue weighted by atomic mass is 16.6. The fourth-order valence-corrected chi connectivity index (χ4v) is 3.53. The van der Waals surface area contributed by atoms with E-state index < -0.39 is 23.8 Å². The molecule has 1 spiro atoms. The van der Waals surface area contributed by atoms with Crippen LogP contribution in [0.1, 0.15) is 40.5 Å². The van der Waals surface area contributed by atoms with Crippen LogP contribution in [-0.4, -0.2) is 78.0 Å². The zero-order chi connectivity index (χ0) is 18.1. The summed E-state index contributed by atoms with van der Waals surface area (Å²) in [4.78, 5) is 28.4. The van der Waals surface area contributed by atoms with Crippen LogP contribution in [0.5, 0.6) is 0 Å². The molecule has 2 amide bonds. The van der Waals surface area contributed by atoms with Crippen LogP contribution in [0.15, 0.2) is 0 Å². The van der Waals surface area contributed by atoms with Crippen LogP contribution in [-0.2, 0) is 14.3 Å². The predicted molar refractivity (Wildman–Crippen MR) is 88.5 cm³/mol. The van der Waals surface area contributed by atoms with Gasteiger partial charge in [-0.1, -0.05) is 0 Å². The van der Waals surface area contributed by atoms with Crippen LogP contribution in [0.3, 0.4) is 0 Å². The van der Waals surface area contributed by atoms with Crippen molar-refractivity contribution in [2.75, 3.05) is 33.4 Å². The van der Waals surface area contributed by atoms with Gasteiger partial charge in [0.2, 0.25) is 5.91 Å². The zero-order valence-corrected chi connectivity index (χ0v) is 15.4.